The van der Waals surface area contributed by atoms with Crippen molar-refractivity contribution in [2.45, 2.75) is 32.2 Å². The molecule has 2 aromatic rings. The smallest absolute Gasteiger partial charge is 0.253 e. The minimum atomic E-state index is 0.173. The fourth-order valence-electron chi connectivity index (χ4n) is 4.39. The molecule has 4 rings (SSSR count). The largest absolute Gasteiger partial charge is 0.338 e. The number of pyridine rings is 1. The monoisotopic (exact) mass is 349 g/mol. The number of hydrogen-bond acceptors (Lipinski definition) is 3. The minimum absolute atomic E-state index is 0.173. The third-order valence-corrected chi connectivity index (χ3v) is 5.70. The first kappa shape index (κ1) is 17.2. The Balaban J connectivity index is 1.38. The molecule has 4 nitrogen and oxygen atoms in total. The summed E-state index contributed by atoms with van der Waals surface area (Å²) in [6.45, 7) is 6.02. The molecule has 0 saturated carbocycles. The van der Waals surface area contributed by atoms with Crippen LogP contribution in [0.4, 0.5) is 0 Å². The van der Waals surface area contributed by atoms with Crippen molar-refractivity contribution in [3.05, 3.63) is 65.5 Å². The number of likely N-dealkylation sites (tertiary alicyclic amines) is 2. The van der Waals surface area contributed by atoms with Crippen molar-refractivity contribution in [1.82, 2.24) is 14.8 Å². The minimum Gasteiger partial charge on any atom is -0.338 e. The number of aryl methyl sites for hydroxylation is 1. The van der Waals surface area contributed by atoms with Gasteiger partial charge in [0, 0.05) is 30.9 Å². The highest BCUT2D eigenvalue weighted by molar-refractivity contribution is 5.94. The lowest BCUT2D eigenvalue weighted by Gasteiger charge is -2.27. The van der Waals surface area contributed by atoms with Crippen LogP contribution >= 0.6 is 0 Å². The van der Waals surface area contributed by atoms with Crippen molar-refractivity contribution in [3.63, 3.8) is 0 Å². The molecular weight excluding hydrogens is 322 g/mol. The molecule has 0 bridgehead atoms. The number of aromatic nitrogens is 1. The maximum Gasteiger partial charge on any atom is 0.253 e. The van der Waals surface area contributed by atoms with Gasteiger partial charge in [0.05, 0.1) is 11.7 Å². The zero-order valence-corrected chi connectivity index (χ0v) is 15.5. The van der Waals surface area contributed by atoms with E-state index in [-0.39, 0.29) is 5.91 Å². The number of rotatable bonds is 4. The zero-order chi connectivity index (χ0) is 17.9. The molecule has 0 radical (unpaired) electrons. The van der Waals surface area contributed by atoms with Gasteiger partial charge in [0.25, 0.3) is 5.91 Å². The summed E-state index contributed by atoms with van der Waals surface area (Å²) in [4.78, 5) is 22.0. The predicted molar refractivity (Wildman–Crippen MR) is 103 cm³/mol. The van der Waals surface area contributed by atoms with Crippen LogP contribution in [-0.4, -0.2) is 46.9 Å². The third kappa shape index (κ3) is 3.65. The molecule has 2 saturated heterocycles. The topological polar surface area (TPSA) is 36.4 Å². The standard InChI is InChI=1S/C22H27N3O/c1-17-7-5-10-20(23-17)21-11-6-13-24(21)15-18-12-14-25(16-18)22(26)19-8-3-2-4-9-19/h2-5,7-10,18,21H,6,11-16H2,1H3. The van der Waals surface area contributed by atoms with E-state index in [9.17, 15) is 4.79 Å². The summed E-state index contributed by atoms with van der Waals surface area (Å²) < 4.78 is 0. The van der Waals surface area contributed by atoms with Crippen molar-refractivity contribution in [3.8, 4) is 0 Å². The van der Waals surface area contributed by atoms with Gasteiger partial charge in [0.15, 0.2) is 0 Å². The van der Waals surface area contributed by atoms with Crippen LogP contribution in [0.5, 0.6) is 0 Å². The Kier molecular flexibility index (Phi) is 5.02. The Morgan fingerprint density at radius 2 is 1.92 bits per heavy atom. The van der Waals surface area contributed by atoms with Gasteiger partial charge in [0.1, 0.15) is 0 Å². The van der Waals surface area contributed by atoms with Crippen LogP contribution in [0, 0.1) is 12.8 Å². The van der Waals surface area contributed by atoms with E-state index in [1.165, 1.54) is 18.5 Å². The molecule has 2 aliphatic rings. The second-order valence-corrected chi connectivity index (χ2v) is 7.63. The Hall–Kier alpha value is -2.20. The van der Waals surface area contributed by atoms with Crippen molar-refractivity contribution in [1.29, 1.82) is 0 Å². The van der Waals surface area contributed by atoms with Crippen LogP contribution in [0.2, 0.25) is 0 Å². The fraction of sp³-hybridized carbons (Fsp3) is 0.455. The van der Waals surface area contributed by atoms with Crippen molar-refractivity contribution in [2.24, 2.45) is 5.92 Å². The van der Waals surface area contributed by atoms with E-state index >= 15 is 0 Å². The van der Waals surface area contributed by atoms with Gasteiger partial charge in [-0.25, -0.2) is 0 Å². The molecule has 1 aromatic heterocycles. The maximum absolute atomic E-state index is 12.7. The first-order chi connectivity index (χ1) is 12.7. The molecule has 4 heteroatoms. The van der Waals surface area contributed by atoms with E-state index in [4.69, 9.17) is 4.98 Å². The molecule has 3 heterocycles. The summed E-state index contributed by atoms with van der Waals surface area (Å²) in [7, 11) is 0. The van der Waals surface area contributed by atoms with E-state index in [0.717, 1.165) is 43.9 Å². The number of carbonyl (C=O) groups excluding carboxylic acids is 1. The molecule has 2 fully saturated rings. The molecule has 0 spiro atoms. The highest BCUT2D eigenvalue weighted by Gasteiger charge is 2.33. The van der Waals surface area contributed by atoms with Gasteiger partial charge >= 0.3 is 0 Å². The van der Waals surface area contributed by atoms with Gasteiger partial charge < -0.3 is 4.90 Å². The molecular formula is C22H27N3O. The molecule has 2 atom stereocenters. The quantitative estimate of drug-likeness (QED) is 0.845. The van der Waals surface area contributed by atoms with Crippen LogP contribution in [0.25, 0.3) is 0 Å². The van der Waals surface area contributed by atoms with Crippen LogP contribution in [-0.2, 0) is 0 Å². The lowest BCUT2D eigenvalue weighted by atomic mass is 10.1. The van der Waals surface area contributed by atoms with Crippen LogP contribution in [0.1, 0.15) is 47.1 Å². The SMILES string of the molecule is Cc1cccc(C2CCCN2CC2CCN(C(=O)c3ccccc3)C2)n1. The van der Waals surface area contributed by atoms with Crippen molar-refractivity contribution in [2.75, 3.05) is 26.2 Å². The lowest BCUT2D eigenvalue weighted by molar-refractivity contribution is 0.0782. The first-order valence-corrected chi connectivity index (χ1v) is 9.72. The van der Waals surface area contributed by atoms with E-state index in [2.05, 4.69) is 30.0 Å². The molecule has 0 N–H and O–H groups in total. The van der Waals surface area contributed by atoms with E-state index in [1.807, 2.05) is 35.2 Å². The molecule has 136 valence electrons. The summed E-state index contributed by atoms with van der Waals surface area (Å²) in [5.74, 6) is 0.736. The molecule has 1 amide bonds. The Morgan fingerprint density at radius 1 is 1.08 bits per heavy atom. The molecule has 2 aliphatic heterocycles. The van der Waals surface area contributed by atoms with E-state index in [0.29, 0.717) is 12.0 Å². The van der Waals surface area contributed by atoms with Gasteiger partial charge in [-0.3, -0.25) is 14.7 Å². The summed E-state index contributed by atoms with van der Waals surface area (Å²) in [5.41, 5.74) is 3.10. The average molecular weight is 349 g/mol. The Bertz CT molecular complexity index is 761. The summed E-state index contributed by atoms with van der Waals surface area (Å²) in [5, 5.41) is 0. The molecule has 2 unspecified atom stereocenters. The molecule has 26 heavy (non-hydrogen) atoms. The van der Waals surface area contributed by atoms with Crippen LogP contribution < -0.4 is 0 Å². The summed E-state index contributed by atoms with van der Waals surface area (Å²) in [6.07, 6.45) is 3.53. The number of amides is 1. The van der Waals surface area contributed by atoms with Crippen LogP contribution in [0.3, 0.4) is 0 Å². The van der Waals surface area contributed by atoms with Crippen molar-refractivity contribution >= 4 is 5.91 Å². The fourth-order valence-corrected chi connectivity index (χ4v) is 4.39. The second kappa shape index (κ2) is 7.58. The van der Waals surface area contributed by atoms with Crippen LogP contribution in [0.15, 0.2) is 48.5 Å². The highest BCUT2D eigenvalue weighted by Crippen LogP contribution is 2.33. The Labute approximate surface area is 155 Å². The number of hydrogen-bond donors (Lipinski definition) is 0. The summed E-state index contributed by atoms with van der Waals surface area (Å²) in [6, 6.07) is 16.4. The zero-order valence-electron chi connectivity index (χ0n) is 15.5. The van der Waals surface area contributed by atoms with E-state index in [1.54, 1.807) is 0 Å². The highest BCUT2D eigenvalue weighted by atomic mass is 16.2. The normalized spacial score (nSPS) is 23.5. The summed E-state index contributed by atoms with van der Waals surface area (Å²) >= 11 is 0. The van der Waals surface area contributed by atoms with Crippen molar-refractivity contribution < 1.29 is 4.79 Å². The average Bonchev–Trinajstić information content (AvgIpc) is 3.32. The first-order valence-electron chi connectivity index (χ1n) is 9.72. The lowest BCUT2D eigenvalue weighted by Crippen LogP contribution is -2.33. The number of carbonyl (C=O) groups is 1. The molecule has 0 aliphatic carbocycles. The van der Waals surface area contributed by atoms with E-state index < -0.39 is 0 Å². The van der Waals surface area contributed by atoms with Gasteiger partial charge in [-0.1, -0.05) is 24.3 Å². The molecule has 1 aromatic carbocycles. The van der Waals surface area contributed by atoms with Gasteiger partial charge in [-0.05, 0) is 62.9 Å². The third-order valence-electron chi connectivity index (χ3n) is 5.70. The maximum atomic E-state index is 12.7. The predicted octanol–water partition coefficient (Wildman–Crippen LogP) is 3.69. The number of benzene rings is 1. The van der Waals surface area contributed by atoms with Gasteiger partial charge in [-0.15, -0.1) is 0 Å². The Morgan fingerprint density at radius 3 is 2.73 bits per heavy atom. The van der Waals surface area contributed by atoms with Gasteiger partial charge in [0.2, 0.25) is 0 Å². The number of nitrogens with zero attached hydrogens (tertiary/aromatic N) is 3. The van der Waals surface area contributed by atoms with Gasteiger partial charge in [-0.2, -0.15) is 0 Å². The second-order valence-electron chi connectivity index (χ2n) is 7.63.